The number of pyridine rings is 1. The van der Waals surface area contributed by atoms with Crippen LogP contribution in [0, 0.1) is 0 Å². The minimum Gasteiger partial charge on any atom is -0.316 e. The van der Waals surface area contributed by atoms with E-state index >= 15 is 0 Å². The molecule has 0 aliphatic rings. The molecule has 1 aromatic heterocycles. The number of urea groups is 1. The van der Waals surface area contributed by atoms with Crippen LogP contribution in [-0.2, 0) is 13.1 Å². The van der Waals surface area contributed by atoms with Crippen LogP contribution in [0.2, 0.25) is 0 Å². The zero-order valence-electron chi connectivity index (χ0n) is 16.0. The number of carbonyl (C=O) groups is 3. The number of hydrogen-bond donors (Lipinski definition) is 3. The number of aromatic nitrogens is 1. The predicted molar refractivity (Wildman–Crippen MR) is 108 cm³/mol. The Balaban J connectivity index is 1.76. The van der Waals surface area contributed by atoms with Gasteiger partial charge in [-0.1, -0.05) is 36.4 Å². The fourth-order valence-electron chi connectivity index (χ4n) is 2.80. The van der Waals surface area contributed by atoms with E-state index < -0.39 is 17.8 Å². The number of rotatable bonds is 6. The highest BCUT2D eigenvalue weighted by Gasteiger charge is 2.18. The van der Waals surface area contributed by atoms with Gasteiger partial charge in [0.15, 0.2) is 0 Å². The molecule has 0 saturated heterocycles. The second-order valence-electron chi connectivity index (χ2n) is 6.48. The summed E-state index contributed by atoms with van der Waals surface area (Å²) in [4.78, 5) is 42.2. The minimum atomic E-state index is -0.625. The number of hydroxylamine groups is 1. The van der Waals surface area contributed by atoms with Crippen molar-refractivity contribution in [2.24, 2.45) is 0 Å². The summed E-state index contributed by atoms with van der Waals surface area (Å²) in [5.41, 5.74) is 3.78. The third kappa shape index (κ3) is 5.49. The fraction of sp³-hybridized carbons (Fsp3) is 0.0909. The first-order valence-electron chi connectivity index (χ1n) is 9.14. The van der Waals surface area contributed by atoms with Gasteiger partial charge in [0, 0.05) is 36.6 Å². The van der Waals surface area contributed by atoms with Gasteiger partial charge >= 0.3 is 6.03 Å². The van der Waals surface area contributed by atoms with E-state index in [9.17, 15) is 14.4 Å². The van der Waals surface area contributed by atoms with Crippen molar-refractivity contribution in [1.29, 1.82) is 0 Å². The van der Waals surface area contributed by atoms with E-state index in [-0.39, 0.29) is 18.7 Å². The van der Waals surface area contributed by atoms with E-state index in [4.69, 9.17) is 5.21 Å². The molecule has 1 heterocycles. The lowest BCUT2D eigenvalue weighted by molar-refractivity contribution is 0.0706. The topological polar surface area (TPSA) is 112 Å². The maximum Gasteiger partial charge on any atom is 0.324 e. The van der Waals surface area contributed by atoms with Gasteiger partial charge in [0.05, 0.1) is 0 Å². The Kier molecular flexibility index (Phi) is 6.86. The SMILES string of the molecule is O=C(NO)c1ccc(CN(Cc2cccnc2)C(=O)NC(=O)c2ccccc2)cc1. The number of benzene rings is 2. The van der Waals surface area contributed by atoms with E-state index in [1.54, 1.807) is 66.4 Å². The van der Waals surface area contributed by atoms with Gasteiger partial charge in [0.2, 0.25) is 0 Å². The van der Waals surface area contributed by atoms with Crippen LogP contribution in [0.1, 0.15) is 31.8 Å². The molecule has 4 amide bonds. The number of carbonyl (C=O) groups excluding carboxylic acids is 3. The number of nitrogens with one attached hydrogen (secondary N) is 2. The first-order valence-corrected chi connectivity index (χ1v) is 9.14. The third-order valence-corrected chi connectivity index (χ3v) is 4.33. The summed E-state index contributed by atoms with van der Waals surface area (Å²) < 4.78 is 0. The van der Waals surface area contributed by atoms with Crippen molar-refractivity contribution >= 4 is 17.8 Å². The van der Waals surface area contributed by atoms with Gasteiger partial charge in [-0.2, -0.15) is 0 Å². The van der Waals surface area contributed by atoms with Crippen LogP contribution < -0.4 is 10.8 Å². The van der Waals surface area contributed by atoms with Gasteiger partial charge in [-0.25, -0.2) is 10.3 Å². The van der Waals surface area contributed by atoms with Gasteiger partial charge in [0.1, 0.15) is 0 Å². The smallest absolute Gasteiger partial charge is 0.316 e. The molecule has 8 nitrogen and oxygen atoms in total. The number of amides is 4. The summed E-state index contributed by atoms with van der Waals surface area (Å²) in [6.45, 7) is 0.435. The summed E-state index contributed by atoms with van der Waals surface area (Å²) >= 11 is 0. The van der Waals surface area contributed by atoms with Crippen molar-refractivity contribution in [3.63, 3.8) is 0 Å². The maximum absolute atomic E-state index is 12.8. The van der Waals surface area contributed by atoms with Crippen LogP contribution >= 0.6 is 0 Å². The van der Waals surface area contributed by atoms with Crippen LogP contribution in [0.25, 0.3) is 0 Å². The van der Waals surface area contributed by atoms with E-state index in [0.717, 1.165) is 11.1 Å². The first kappa shape index (κ1) is 20.7. The fourth-order valence-corrected chi connectivity index (χ4v) is 2.80. The van der Waals surface area contributed by atoms with Crippen molar-refractivity contribution in [1.82, 2.24) is 20.7 Å². The molecule has 0 aliphatic heterocycles. The molecule has 3 N–H and O–H groups in total. The molecule has 0 radical (unpaired) electrons. The molecule has 0 unspecified atom stereocenters. The molecule has 0 saturated carbocycles. The summed E-state index contributed by atoms with van der Waals surface area (Å²) in [5, 5.41) is 11.1. The van der Waals surface area contributed by atoms with Gasteiger partial charge < -0.3 is 4.90 Å². The molecule has 0 bridgehead atoms. The van der Waals surface area contributed by atoms with Gasteiger partial charge in [0.25, 0.3) is 11.8 Å². The lowest BCUT2D eigenvalue weighted by Gasteiger charge is -2.23. The van der Waals surface area contributed by atoms with Crippen molar-refractivity contribution in [2.45, 2.75) is 13.1 Å². The van der Waals surface area contributed by atoms with Crippen molar-refractivity contribution in [2.75, 3.05) is 0 Å². The lowest BCUT2D eigenvalue weighted by Crippen LogP contribution is -2.42. The zero-order valence-corrected chi connectivity index (χ0v) is 16.0. The monoisotopic (exact) mass is 404 g/mol. The highest BCUT2D eigenvalue weighted by Crippen LogP contribution is 2.12. The number of imide groups is 1. The molecule has 152 valence electrons. The molecule has 0 spiro atoms. The largest absolute Gasteiger partial charge is 0.324 e. The van der Waals surface area contributed by atoms with E-state index in [1.165, 1.54) is 17.0 Å². The minimum absolute atomic E-state index is 0.198. The molecular weight excluding hydrogens is 384 g/mol. The Morgan fingerprint density at radius 2 is 1.47 bits per heavy atom. The van der Waals surface area contributed by atoms with Crippen LogP contribution in [-0.4, -0.2) is 32.9 Å². The van der Waals surface area contributed by atoms with Gasteiger partial charge in [-0.3, -0.25) is 25.1 Å². The Bertz CT molecular complexity index is 1010. The molecule has 8 heteroatoms. The molecule has 30 heavy (non-hydrogen) atoms. The third-order valence-electron chi connectivity index (χ3n) is 4.33. The summed E-state index contributed by atoms with van der Waals surface area (Å²) in [6.07, 6.45) is 3.28. The Morgan fingerprint density at radius 1 is 0.800 bits per heavy atom. The van der Waals surface area contributed by atoms with Crippen LogP contribution in [0.5, 0.6) is 0 Å². The standard InChI is InChI=1S/C22H20N4O4/c27-20(18-6-2-1-3-7-18)24-22(29)26(15-17-5-4-12-23-13-17)14-16-8-10-19(11-9-16)21(28)25-30/h1-13,30H,14-15H2,(H,25,28)(H,24,27,29). The molecule has 2 aromatic carbocycles. The summed E-state index contributed by atoms with van der Waals surface area (Å²) in [6, 6.07) is 17.9. The highest BCUT2D eigenvalue weighted by molar-refractivity contribution is 6.04. The van der Waals surface area contributed by atoms with Gasteiger partial charge in [-0.15, -0.1) is 0 Å². The normalized spacial score (nSPS) is 10.2. The predicted octanol–water partition coefficient (Wildman–Crippen LogP) is 2.75. The van der Waals surface area contributed by atoms with Crippen molar-refractivity contribution in [3.05, 3.63) is 101 Å². The van der Waals surface area contributed by atoms with E-state index in [2.05, 4.69) is 10.3 Å². The van der Waals surface area contributed by atoms with Crippen LogP contribution in [0.4, 0.5) is 4.79 Å². The van der Waals surface area contributed by atoms with E-state index in [0.29, 0.717) is 5.56 Å². The average molecular weight is 404 g/mol. The first-order chi connectivity index (χ1) is 14.6. The van der Waals surface area contributed by atoms with Crippen LogP contribution in [0.3, 0.4) is 0 Å². The number of hydrogen-bond acceptors (Lipinski definition) is 5. The second-order valence-corrected chi connectivity index (χ2v) is 6.48. The van der Waals surface area contributed by atoms with E-state index in [1.807, 2.05) is 6.07 Å². The Morgan fingerprint density at radius 3 is 2.10 bits per heavy atom. The average Bonchev–Trinajstić information content (AvgIpc) is 2.79. The lowest BCUT2D eigenvalue weighted by atomic mass is 10.1. The highest BCUT2D eigenvalue weighted by atomic mass is 16.5. The van der Waals surface area contributed by atoms with Crippen molar-refractivity contribution in [3.8, 4) is 0 Å². The molecule has 0 atom stereocenters. The number of nitrogens with zero attached hydrogens (tertiary/aromatic N) is 2. The summed E-state index contributed by atoms with van der Waals surface area (Å²) in [5.74, 6) is -1.12. The molecule has 0 aliphatic carbocycles. The van der Waals surface area contributed by atoms with Crippen LogP contribution in [0.15, 0.2) is 79.1 Å². The molecular formula is C22H20N4O4. The molecule has 3 aromatic rings. The maximum atomic E-state index is 12.8. The Labute approximate surface area is 173 Å². The zero-order chi connectivity index (χ0) is 21.3. The summed E-state index contributed by atoms with van der Waals surface area (Å²) in [7, 11) is 0. The molecule has 0 fully saturated rings. The van der Waals surface area contributed by atoms with Crippen molar-refractivity contribution < 1.29 is 19.6 Å². The van der Waals surface area contributed by atoms with Gasteiger partial charge in [-0.05, 0) is 41.5 Å². The second kappa shape index (κ2) is 9.94. The Hall–Kier alpha value is -4.04. The molecule has 3 rings (SSSR count). The quantitative estimate of drug-likeness (QED) is 0.432.